The van der Waals surface area contributed by atoms with E-state index in [2.05, 4.69) is 19.9 Å². The first-order chi connectivity index (χ1) is 22.8. The molecule has 27 heteroatoms. The second-order valence-electron chi connectivity index (χ2n) is 10.7. The van der Waals surface area contributed by atoms with Crippen LogP contribution in [0.15, 0.2) is 4.99 Å². The maximum absolute atomic E-state index is 14.1. The van der Waals surface area contributed by atoms with E-state index in [1.165, 1.54) is 19.0 Å². The summed E-state index contributed by atoms with van der Waals surface area (Å²) >= 11 is 0. The molecule has 0 radical (unpaired) electrons. The summed E-state index contributed by atoms with van der Waals surface area (Å²) < 4.78 is 232. The van der Waals surface area contributed by atoms with E-state index in [9.17, 15) is 84.2 Å². The van der Waals surface area contributed by atoms with Crippen LogP contribution in [0.4, 0.5) is 79.4 Å². The molecule has 0 rings (SSSR count). The topological polar surface area (TPSA) is 144 Å². The van der Waals surface area contributed by atoms with Gasteiger partial charge in [-0.15, -0.1) is 0 Å². The number of unbranched alkanes of at least 4 members (excludes halogenated alkanes) is 2. The van der Waals surface area contributed by atoms with Crippen LogP contribution >= 0.6 is 0 Å². The van der Waals surface area contributed by atoms with Gasteiger partial charge < -0.3 is 30.8 Å². The minimum Gasteiger partial charge on any atom is -0.449 e. The van der Waals surface area contributed by atoms with Gasteiger partial charge in [-0.1, -0.05) is 0 Å². The second-order valence-corrected chi connectivity index (χ2v) is 10.7. The standard InChI is InChI=1S/C24H33F17N6O4/c1-47(2)15(42)45-10-6-7-13(14(48)44-9-4-3-5-11-51-43)46-16(49)50-12-8-17(25,26)18(27,28)19(29,30)20(31,32)21(33,34)22(35,36)23(37,38)24(39,40)41/h13H,3-12,43H2,1-2H3,(H2,42,45)(H,44,48)(H,46,49). The third kappa shape index (κ3) is 10.6. The summed E-state index contributed by atoms with van der Waals surface area (Å²) in [5.74, 6) is -53.5. The quantitative estimate of drug-likeness (QED) is 0.0406. The van der Waals surface area contributed by atoms with Gasteiger partial charge in [0.05, 0.1) is 19.6 Å². The van der Waals surface area contributed by atoms with Crippen LogP contribution in [0.5, 0.6) is 0 Å². The molecular weight excluding hydrogens is 759 g/mol. The predicted molar refractivity (Wildman–Crippen MR) is 140 cm³/mol. The van der Waals surface area contributed by atoms with Gasteiger partial charge in [0.2, 0.25) is 5.91 Å². The second kappa shape index (κ2) is 17.5. The van der Waals surface area contributed by atoms with E-state index in [0.717, 1.165) is 0 Å². The number of rotatable bonds is 21. The number of nitrogens with zero attached hydrogens (tertiary/aromatic N) is 2. The third-order valence-corrected chi connectivity index (χ3v) is 6.67. The Morgan fingerprint density at radius 1 is 0.706 bits per heavy atom. The molecule has 0 fully saturated rings. The molecule has 0 spiro atoms. The lowest BCUT2D eigenvalue weighted by Gasteiger charge is -2.42. The van der Waals surface area contributed by atoms with Gasteiger partial charge in [0, 0.05) is 27.2 Å². The minimum absolute atomic E-state index is 0.0126. The number of carbonyl (C=O) groups excluding carboxylic acids is 2. The molecule has 0 heterocycles. The number of aliphatic imine (C=N–C) groups is 1. The van der Waals surface area contributed by atoms with Crippen LogP contribution in [0, 0.1) is 0 Å². The Morgan fingerprint density at radius 2 is 1.20 bits per heavy atom. The Balaban J connectivity index is 5.87. The monoisotopic (exact) mass is 792 g/mol. The van der Waals surface area contributed by atoms with E-state index in [4.69, 9.17) is 11.6 Å². The number of guanidine groups is 1. The van der Waals surface area contributed by atoms with Crippen LogP contribution in [0.1, 0.15) is 38.5 Å². The number of hydrogen-bond acceptors (Lipinski definition) is 6. The molecule has 0 bridgehead atoms. The molecule has 0 saturated carbocycles. The van der Waals surface area contributed by atoms with Crippen molar-refractivity contribution < 1.29 is 93.8 Å². The fourth-order valence-corrected chi connectivity index (χ4v) is 3.53. The fraction of sp³-hybridized carbons (Fsp3) is 0.875. The highest BCUT2D eigenvalue weighted by Crippen LogP contribution is 2.64. The van der Waals surface area contributed by atoms with E-state index in [-0.39, 0.29) is 38.5 Å². The normalized spacial score (nSPS) is 15.0. The summed E-state index contributed by atoms with van der Waals surface area (Å²) in [5.41, 5.74) is 5.58. The molecule has 6 N–H and O–H groups in total. The van der Waals surface area contributed by atoms with Gasteiger partial charge in [0.25, 0.3) is 0 Å². The lowest BCUT2D eigenvalue weighted by atomic mass is 9.88. The van der Waals surface area contributed by atoms with E-state index in [0.29, 0.717) is 19.3 Å². The molecule has 0 aromatic carbocycles. The molecule has 302 valence electrons. The Kier molecular flexibility index (Phi) is 16.4. The van der Waals surface area contributed by atoms with Crippen LogP contribution in [0.3, 0.4) is 0 Å². The molecule has 0 aliphatic rings. The summed E-state index contributed by atoms with van der Waals surface area (Å²) in [7, 11) is 3.04. The van der Waals surface area contributed by atoms with E-state index in [1.807, 2.05) is 0 Å². The third-order valence-electron chi connectivity index (χ3n) is 6.67. The zero-order valence-electron chi connectivity index (χ0n) is 26.3. The van der Waals surface area contributed by atoms with Crippen LogP contribution in [0.25, 0.3) is 0 Å². The largest absolute Gasteiger partial charge is 0.460 e. The van der Waals surface area contributed by atoms with Gasteiger partial charge in [0.15, 0.2) is 5.96 Å². The van der Waals surface area contributed by atoms with Gasteiger partial charge in [0.1, 0.15) is 6.04 Å². The molecule has 1 unspecified atom stereocenters. The summed E-state index contributed by atoms with van der Waals surface area (Å²) in [6, 6.07) is -1.59. The minimum atomic E-state index is -8.75. The number of alkyl halides is 17. The van der Waals surface area contributed by atoms with Crippen LogP contribution in [0.2, 0.25) is 0 Å². The number of nitrogens with two attached hydrogens (primary N) is 2. The highest BCUT2D eigenvalue weighted by Gasteiger charge is 2.95. The first-order valence-electron chi connectivity index (χ1n) is 14.0. The Morgan fingerprint density at radius 3 is 1.67 bits per heavy atom. The zero-order chi connectivity index (χ0) is 40.5. The van der Waals surface area contributed by atoms with Crippen molar-refractivity contribution in [2.24, 2.45) is 16.6 Å². The van der Waals surface area contributed by atoms with Crippen molar-refractivity contribution in [3.8, 4) is 0 Å². The van der Waals surface area contributed by atoms with Crippen LogP contribution < -0.4 is 22.3 Å². The number of alkyl carbamates (subject to hydrolysis) is 1. The van der Waals surface area contributed by atoms with Crippen molar-refractivity contribution in [2.45, 2.75) is 92.2 Å². The van der Waals surface area contributed by atoms with Crippen molar-refractivity contribution in [2.75, 3.05) is 40.4 Å². The van der Waals surface area contributed by atoms with Gasteiger partial charge in [-0.25, -0.2) is 10.7 Å². The highest BCUT2D eigenvalue weighted by molar-refractivity contribution is 5.85. The van der Waals surface area contributed by atoms with Crippen molar-refractivity contribution in [1.29, 1.82) is 0 Å². The van der Waals surface area contributed by atoms with Crippen molar-refractivity contribution >= 4 is 18.0 Å². The van der Waals surface area contributed by atoms with Crippen molar-refractivity contribution in [3.63, 3.8) is 0 Å². The molecule has 51 heavy (non-hydrogen) atoms. The average Bonchev–Trinajstić information content (AvgIpc) is 2.98. The number of ether oxygens (including phenoxy) is 1. The summed E-state index contributed by atoms with van der Waals surface area (Å²) in [6.45, 7) is -2.07. The maximum Gasteiger partial charge on any atom is 0.460 e. The Labute approximate surface area is 277 Å². The number of halogens is 17. The smallest absolute Gasteiger partial charge is 0.449 e. The summed E-state index contributed by atoms with van der Waals surface area (Å²) in [6.07, 6.45) is -11.8. The Hall–Kier alpha value is -3.26. The fourth-order valence-electron chi connectivity index (χ4n) is 3.53. The van der Waals surface area contributed by atoms with Crippen molar-refractivity contribution in [3.05, 3.63) is 0 Å². The molecule has 0 aliphatic carbocycles. The van der Waals surface area contributed by atoms with E-state index < -0.39 is 78.7 Å². The van der Waals surface area contributed by atoms with E-state index in [1.54, 1.807) is 5.32 Å². The molecule has 1 atom stereocenters. The highest BCUT2D eigenvalue weighted by atomic mass is 19.4. The zero-order valence-corrected chi connectivity index (χ0v) is 26.3. The number of hydrogen-bond donors (Lipinski definition) is 4. The summed E-state index contributed by atoms with van der Waals surface area (Å²) in [4.78, 5) is 34.3. The molecule has 0 aromatic rings. The summed E-state index contributed by atoms with van der Waals surface area (Å²) in [5, 5.41) is 4.14. The van der Waals surface area contributed by atoms with Gasteiger partial charge in [-0.3, -0.25) is 9.79 Å². The van der Waals surface area contributed by atoms with Crippen LogP contribution in [-0.4, -0.2) is 117 Å². The number of amides is 2. The molecule has 10 nitrogen and oxygen atoms in total. The average molecular weight is 793 g/mol. The Bertz CT molecular complexity index is 1170. The lowest BCUT2D eigenvalue weighted by Crippen LogP contribution is -2.74. The first kappa shape index (κ1) is 47.7. The molecule has 0 aromatic heterocycles. The van der Waals surface area contributed by atoms with Gasteiger partial charge >= 0.3 is 53.7 Å². The SMILES string of the molecule is CN(C)C(N)=NCCCC(NC(=O)OCCC(F)(F)C(F)(F)C(F)(F)C(F)(F)C(F)(F)C(F)(F)C(F)(F)C(F)(F)F)C(=O)NCCCCCON. The predicted octanol–water partition coefficient (Wildman–Crippen LogP) is 5.31. The molecule has 0 aliphatic heterocycles. The van der Waals surface area contributed by atoms with Gasteiger partial charge in [-0.05, 0) is 32.1 Å². The molecule has 0 saturated heterocycles. The van der Waals surface area contributed by atoms with E-state index >= 15 is 0 Å². The van der Waals surface area contributed by atoms with Crippen LogP contribution in [-0.2, 0) is 14.4 Å². The van der Waals surface area contributed by atoms with Crippen molar-refractivity contribution in [1.82, 2.24) is 15.5 Å². The van der Waals surface area contributed by atoms with Gasteiger partial charge in [-0.2, -0.15) is 74.6 Å². The maximum atomic E-state index is 14.1. The molecule has 2 amide bonds. The number of nitrogens with one attached hydrogen (secondary N) is 2. The number of carbonyl (C=O) groups is 2. The molecular formula is C24H33F17N6O4. The first-order valence-corrected chi connectivity index (χ1v) is 14.0. The lowest BCUT2D eigenvalue weighted by molar-refractivity contribution is -0.461.